The fourth-order valence-corrected chi connectivity index (χ4v) is 0.555. The van der Waals surface area contributed by atoms with Crippen LogP contribution in [0.2, 0.25) is 0 Å². The van der Waals surface area contributed by atoms with E-state index in [0.717, 1.165) is 4.48 Å². The molecule has 0 radical (unpaired) electrons. The molecule has 0 amide bonds. The van der Waals surface area contributed by atoms with Crippen LogP contribution in [0.25, 0.3) is 0 Å². The maximum absolute atomic E-state index is 9.78. The summed E-state index contributed by atoms with van der Waals surface area (Å²) in [4.78, 5) is 9.78. The Morgan fingerprint density at radius 2 is 2.08 bits per heavy atom. The van der Waals surface area contributed by atoms with Gasteiger partial charge >= 0.3 is 0 Å². The molecule has 0 aliphatic carbocycles. The van der Waals surface area contributed by atoms with Gasteiger partial charge in [0.15, 0.2) is 0 Å². The van der Waals surface area contributed by atoms with E-state index in [1.165, 1.54) is 6.08 Å². The van der Waals surface area contributed by atoms with Crippen LogP contribution in [-0.4, -0.2) is 50.8 Å². The summed E-state index contributed by atoms with van der Waals surface area (Å²) >= 11 is 0. The van der Waals surface area contributed by atoms with Crippen molar-refractivity contribution in [3.8, 4) is 0 Å². The number of hydrogen-bond donors (Lipinski definition) is 0. The van der Waals surface area contributed by atoms with Crippen molar-refractivity contribution in [3.05, 3.63) is 6.08 Å². The molecular formula is C9H18NO2+. The van der Waals surface area contributed by atoms with Gasteiger partial charge in [0.1, 0.15) is 12.0 Å². The SMILES string of the molecule is CC(COCC=C=O)[N+](C)(C)C. The quantitative estimate of drug-likeness (QED) is 0.342. The Kier molecular flexibility index (Phi) is 4.83. The Hall–Kier alpha value is -0.630. The van der Waals surface area contributed by atoms with Crippen LogP contribution in [0.15, 0.2) is 6.08 Å². The molecule has 0 aromatic rings. The average molecular weight is 172 g/mol. The smallest absolute Gasteiger partial charge is 0.122 e. The summed E-state index contributed by atoms with van der Waals surface area (Å²) in [6, 6.07) is 0.435. The molecule has 0 rings (SSSR count). The summed E-state index contributed by atoms with van der Waals surface area (Å²) in [6.45, 7) is 3.15. The molecule has 3 nitrogen and oxygen atoms in total. The number of likely N-dealkylation sites (N-methyl/N-ethyl adjacent to an activating group) is 1. The van der Waals surface area contributed by atoms with Crippen molar-refractivity contribution in [2.75, 3.05) is 34.4 Å². The van der Waals surface area contributed by atoms with Crippen molar-refractivity contribution >= 4 is 5.94 Å². The van der Waals surface area contributed by atoms with E-state index >= 15 is 0 Å². The fraction of sp³-hybridized carbons (Fsp3) is 0.778. The van der Waals surface area contributed by atoms with E-state index in [9.17, 15) is 4.79 Å². The summed E-state index contributed by atoms with van der Waals surface area (Å²) in [5, 5.41) is 0. The van der Waals surface area contributed by atoms with Crippen molar-refractivity contribution < 1.29 is 14.0 Å². The summed E-state index contributed by atoms with van der Waals surface area (Å²) in [5.41, 5.74) is 0. The number of carbonyl (C=O) groups excluding carboxylic acids is 1. The van der Waals surface area contributed by atoms with Crippen LogP contribution in [0.5, 0.6) is 0 Å². The second-order valence-corrected chi connectivity index (χ2v) is 3.82. The first-order chi connectivity index (χ1) is 5.48. The lowest BCUT2D eigenvalue weighted by atomic mass is 10.3. The van der Waals surface area contributed by atoms with Gasteiger partial charge in [-0.05, 0) is 6.92 Å². The molecule has 0 saturated heterocycles. The fourth-order valence-electron chi connectivity index (χ4n) is 0.555. The van der Waals surface area contributed by atoms with Crippen LogP contribution in [-0.2, 0) is 9.53 Å². The van der Waals surface area contributed by atoms with Gasteiger partial charge in [-0.3, -0.25) is 0 Å². The predicted octanol–water partition coefficient (Wildman–Crippen LogP) is 0.486. The van der Waals surface area contributed by atoms with Gasteiger partial charge in [-0.2, -0.15) is 0 Å². The maximum atomic E-state index is 9.78. The lowest BCUT2D eigenvalue weighted by Gasteiger charge is -2.31. The molecule has 0 aliphatic rings. The van der Waals surface area contributed by atoms with E-state index in [1.807, 2.05) is 0 Å². The molecule has 0 saturated carbocycles. The number of quaternary nitrogens is 1. The van der Waals surface area contributed by atoms with Crippen molar-refractivity contribution in [2.24, 2.45) is 0 Å². The van der Waals surface area contributed by atoms with Crippen LogP contribution in [0, 0.1) is 0 Å². The van der Waals surface area contributed by atoms with Crippen LogP contribution in [0.4, 0.5) is 0 Å². The minimum absolute atomic E-state index is 0.369. The first-order valence-electron chi connectivity index (χ1n) is 4.06. The molecule has 12 heavy (non-hydrogen) atoms. The summed E-state index contributed by atoms with van der Waals surface area (Å²) in [6.07, 6.45) is 1.35. The molecule has 70 valence electrons. The van der Waals surface area contributed by atoms with Gasteiger partial charge in [-0.1, -0.05) is 0 Å². The second kappa shape index (κ2) is 5.09. The van der Waals surface area contributed by atoms with Gasteiger partial charge in [0.25, 0.3) is 0 Å². The summed E-state index contributed by atoms with van der Waals surface area (Å²) in [5.74, 6) is 1.68. The zero-order chi connectivity index (χ0) is 9.61. The minimum atomic E-state index is 0.369. The molecule has 0 fully saturated rings. The summed E-state index contributed by atoms with van der Waals surface area (Å²) in [7, 11) is 6.34. The van der Waals surface area contributed by atoms with Crippen molar-refractivity contribution in [1.29, 1.82) is 0 Å². The topological polar surface area (TPSA) is 26.3 Å². The van der Waals surface area contributed by atoms with Crippen molar-refractivity contribution in [1.82, 2.24) is 0 Å². The van der Waals surface area contributed by atoms with Gasteiger partial charge in [0.2, 0.25) is 0 Å². The van der Waals surface area contributed by atoms with E-state index in [1.54, 1.807) is 5.94 Å². The molecule has 0 heterocycles. The molecule has 3 heteroatoms. The molecule has 0 aromatic carbocycles. The molecule has 0 aliphatic heterocycles. The number of nitrogens with zero attached hydrogens (tertiary/aromatic N) is 1. The molecule has 0 aromatic heterocycles. The predicted molar refractivity (Wildman–Crippen MR) is 48.6 cm³/mol. The number of hydrogen-bond acceptors (Lipinski definition) is 2. The maximum Gasteiger partial charge on any atom is 0.122 e. The van der Waals surface area contributed by atoms with Gasteiger partial charge in [-0.25, -0.2) is 4.79 Å². The molecule has 0 bridgehead atoms. The van der Waals surface area contributed by atoms with E-state index in [4.69, 9.17) is 4.74 Å². The third kappa shape index (κ3) is 5.08. The van der Waals surface area contributed by atoms with E-state index in [0.29, 0.717) is 19.3 Å². The Morgan fingerprint density at radius 1 is 1.50 bits per heavy atom. The lowest BCUT2D eigenvalue weighted by molar-refractivity contribution is -0.894. The van der Waals surface area contributed by atoms with Crippen LogP contribution >= 0.6 is 0 Å². The summed E-state index contributed by atoms with van der Waals surface area (Å²) < 4.78 is 6.09. The Morgan fingerprint density at radius 3 is 2.50 bits per heavy atom. The molecule has 1 atom stereocenters. The van der Waals surface area contributed by atoms with Gasteiger partial charge in [0.05, 0.1) is 34.4 Å². The number of ether oxygens (including phenoxy) is 1. The highest BCUT2D eigenvalue weighted by atomic mass is 16.5. The standard InChI is InChI=1S/C9H18NO2/c1-9(10(2,3)4)8-12-7-5-6-11/h5,9H,7-8H2,1-4H3/q+1. The highest BCUT2D eigenvalue weighted by Crippen LogP contribution is 2.01. The van der Waals surface area contributed by atoms with Crippen molar-refractivity contribution in [2.45, 2.75) is 13.0 Å². The minimum Gasteiger partial charge on any atom is -0.370 e. The van der Waals surface area contributed by atoms with E-state index < -0.39 is 0 Å². The average Bonchev–Trinajstić information content (AvgIpc) is 1.96. The molecular weight excluding hydrogens is 154 g/mol. The number of rotatable bonds is 5. The lowest BCUT2D eigenvalue weighted by Crippen LogP contribution is -2.45. The second-order valence-electron chi connectivity index (χ2n) is 3.82. The Bertz CT molecular complexity index is 166. The van der Waals surface area contributed by atoms with Crippen LogP contribution < -0.4 is 0 Å². The monoisotopic (exact) mass is 172 g/mol. The largest absolute Gasteiger partial charge is 0.370 e. The first kappa shape index (κ1) is 11.4. The van der Waals surface area contributed by atoms with Gasteiger partial charge in [-0.15, -0.1) is 0 Å². The Balaban J connectivity index is 3.57. The van der Waals surface area contributed by atoms with Crippen molar-refractivity contribution in [3.63, 3.8) is 0 Å². The Labute approximate surface area is 74.2 Å². The third-order valence-electron chi connectivity index (χ3n) is 1.97. The molecule has 0 N–H and O–H groups in total. The van der Waals surface area contributed by atoms with Crippen LogP contribution in [0.3, 0.4) is 0 Å². The van der Waals surface area contributed by atoms with Gasteiger partial charge in [0, 0.05) is 6.08 Å². The highest BCUT2D eigenvalue weighted by Gasteiger charge is 2.17. The van der Waals surface area contributed by atoms with E-state index in [2.05, 4.69) is 28.1 Å². The molecule has 1 unspecified atom stereocenters. The third-order valence-corrected chi connectivity index (χ3v) is 1.97. The highest BCUT2D eigenvalue weighted by molar-refractivity contribution is 5.44. The van der Waals surface area contributed by atoms with Gasteiger partial charge < -0.3 is 9.22 Å². The molecule has 0 spiro atoms. The normalized spacial score (nSPS) is 13.7. The van der Waals surface area contributed by atoms with Crippen LogP contribution in [0.1, 0.15) is 6.92 Å². The van der Waals surface area contributed by atoms with E-state index in [-0.39, 0.29) is 0 Å². The zero-order valence-corrected chi connectivity index (χ0v) is 8.33. The zero-order valence-electron chi connectivity index (χ0n) is 8.33. The first-order valence-corrected chi connectivity index (χ1v) is 4.06.